The van der Waals surface area contributed by atoms with Crippen molar-refractivity contribution < 1.29 is 0 Å². The monoisotopic (exact) mass is 204 g/mol. The van der Waals surface area contributed by atoms with Gasteiger partial charge in [0.15, 0.2) is 5.11 Å². The van der Waals surface area contributed by atoms with E-state index in [1.807, 2.05) is 11.8 Å². The van der Waals surface area contributed by atoms with E-state index in [-0.39, 0.29) is 0 Å². The average molecular weight is 204 g/mol. The summed E-state index contributed by atoms with van der Waals surface area (Å²) in [6.45, 7) is 3.97. The summed E-state index contributed by atoms with van der Waals surface area (Å²) in [6.07, 6.45) is 4.83. The van der Waals surface area contributed by atoms with Crippen molar-refractivity contribution in [3.8, 4) is 0 Å². The molecule has 0 atom stereocenters. The van der Waals surface area contributed by atoms with E-state index >= 15 is 0 Å². The third-order valence-electron chi connectivity index (χ3n) is 2.15. The fourth-order valence-corrected chi connectivity index (χ4v) is 2.00. The Labute approximate surface area is 83.9 Å². The normalized spacial score (nSPS) is 18.5. The molecule has 0 radical (unpaired) electrons. The van der Waals surface area contributed by atoms with E-state index in [1.54, 1.807) is 0 Å². The first-order valence-corrected chi connectivity index (χ1v) is 5.92. The number of rotatable bonds is 4. The quantitative estimate of drug-likeness (QED) is 0.675. The molecule has 0 spiro atoms. The summed E-state index contributed by atoms with van der Waals surface area (Å²) < 4.78 is 0.499. The van der Waals surface area contributed by atoms with Crippen LogP contribution in [0.3, 0.4) is 0 Å². The van der Waals surface area contributed by atoms with Crippen molar-refractivity contribution in [2.45, 2.75) is 24.5 Å². The van der Waals surface area contributed by atoms with Crippen molar-refractivity contribution in [2.24, 2.45) is 0 Å². The van der Waals surface area contributed by atoms with Gasteiger partial charge in [0.2, 0.25) is 0 Å². The molecule has 12 heavy (non-hydrogen) atoms. The van der Waals surface area contributed by atoms with Crippen LogP contribution in [-0.4, -0.2) is 29.2 Å². The van der Waals surface area contributed by atoms with Gasteiger partial charge in [-0.3, -0.25) is 0 Å². The molecule has 1 saturated carbocycles. The Hall–Kier alpha value is 0.0400. The third kappa shape index (κ3) is 2.83. The second-order valence-corrected chi connectivity index (χ2v) is 4.78. The molecule has 2 nitrogen and oxygen atoms in total. The van der Waals surface area contributed by atoms with Gasteiger partial charge in [-0.15, -0.1) is 0 Å². The van der Waals surface area contributed by atoms with Crippen LogP contribution >= 0.6 is 24.0 Å². The van der Waals surface area contributed by atoms with Crippen LogP contribution in [0.15, 0.2) is 0 Å². The van der Waals surface area contributed by atoms with Gasteiger partial charge in [-0.1, -0.05) is 0 Å². The molecule has 0 unspecified atom stereocenters. The Balaban J connectivity index is 2.12. The van der Waals surface area contributed by atoms with Gasteiger partial charge >= 0.3 is 0 Å². The fourth-order valence-electron chi connectivity index (χ4n) is 1.06. The van der Waals surface area contributed by atoms with Gasteiger partial charge in [-0.05, 0) is 38.2 Å². The highest BCUT2D eigenvalue weighted by molar-refractivity contribution is 8.00. The predicted molar refractivity (Wildman–Crippen MR) is 59.8 cm³/mol. The number of hydrogen-bond donors (Lipinski definition) is 2. The molecule has 0 aromatic rings. The first-order valence-electron chi connectivity index (χ1n) is 4.29. The molecular formula is C8H16N2S2. The molecule has 0 aromatic heterocycles. The second kappa shape index (κ2) is 4.33. The Morgan fingerprint density at radius 1 is 1.50 bits per heavy atom. The minimum Gasteiger partial charge on any atom is -0.363 e. The predicted octanol–water partition coefficient (Wildman–Crippen LogP) is 1.37. The van der Waals surface area contributed by atoms with Crippen molar-refractivity contribution in [1.29, 1.82) is 0 Å². The molecule has 1 aliphatic carbocycles. The minimum absolute atomic E-state index is 0.499. The SMILES string of the molecule is CCNC(=S)NCC1(SC)CC1. The topological polar surface area (TPSA) is 24.1 Å². The van der Waals surface area contributed by atoms with E-state index in [9.17, 15) is 0 Å². The lowest BCUT2D eigenvalue weighted by atomic mass is 10.4. The summed E-state index contributed by atoms with van der Waals surface area (Å²) in [6, 6.07) is 0. The summed E-state index contributed by atoms with van der Waals surface area (Å²) in [5, 5.41) is 7.11. The van der Waals surface area contributed by atoms with E-state index in [0.29, 0.717) is 4.75 Å². The summed E-state index contributed by atoms with van der Waals surface area (Å²) in [4.78, 5) is 0. The van der Waals surface area contributed by atoms with Crippen molar-refractivity contribution in [1.82, 2.24) is 10.6 Å². The van der Waals surface area contributed by atoms with E-state index in [4.69, 9.17) is 12.2 Å². The van der Waals surface area contributed by atoms with Crippen LogP contribution in [0.2, 0.25) is 0 Å². The summed E-state index contributed by atoms with van der Waals surface area (Å²) in [7, 11) is 0. The molecule has 0 bridgehead atoms. The lowest BCUT2D eigenvalue weighted by Gasteiger charge is -2.14. The van der Waals surface area contributed by atoms with Gasteiger partial charge in [0, 0.05) is 17.8 Å². The Bertz CT molecular complexity index is 166. The van der Waals surface area contributed by atoms with Gasteiger partial charge in [0.25, 0.3) is 0 Å². The van der Waals surface area contributed by atoms with Crippen LogP contribution < -0.4 is 10.6 Å². The molecule has 0 heterocycles. The molecule has 1 rings (SSSR count). The zero-order chi connectivity index (χ0) is 9.03. The molecule has 1 aliphatic rings. The van der Waals surface area contributed by atoms with Crippen LogP contribution in [0, 0.1) is 0 Å². The lowest BCUT2D eigenvalue weighted by Crippen LogP contribution is -2.39. The highest BCUT2D eigenvalue weighted by Crippen LogP contribution is 2.46. The minimum atomic E-state index is 0.499. The third-order valence-corrected chi connectivity index (χ3v) is 3.86. The van der Waals surface area contributed by atoms with Crippen LogP contribution in [0.25, 0.3) is 0 Å². The van der Waals surface area contributed by atoms with Gasteiger partial charge in [-0.25, -0.2) is 0 Å². The average Bonchev–Trinajstić information content (AvgIpc) is 2.82. The van der Waals surface area contributed by atoms with Gasteiger partial charge in [0.05, 0.1) is 0 Å². The molecular weight excluding hydrogens is 188 g/mol. The van der Waals surface area contributed by atoms with Crippen molar-refractivity contribution in [3.05, 3.63) is 0 Å². The molecule has 0 aliphatic heterocycles. The Morgan fingerprint density at radius 2 is 2.17 bits per heavy atom. The van der Waals surface area contributed by atoms with Crippen LogP contribution in [0.4, 0.5) is 0 Å². The highest BCUT2D eigenvalue weighted by atomic mass is 32.2. The maximum atomic E-state index is 5.07. The number of thiocarbonyl (C=S) groups is 1. The van der Waals surface area contributed by atoms with Crippen molar-refractivity contribution >= 4 is 29.1 Å². The molecule has 4 heteroatoms. The van der Waals surface area contributed by atoms with E-state index < -0.39 is 0 Å². The smallest absolute Gasteiger partial charge is 0.166 e. The zero-order valence-corrected chi connectivity index (χ0v) is 9.28. The summed E-state index contributed by atoms with van der Waals surface area (Å²) in [5.74, 6) is 0. The Kier molecular flexibility index (Phi) is 3.65. The highest BCUT2D eigenvalue weighted by Gasteiger charge is 2.41. The maximum absolute atomic E-state index is 5.07. The van der Waals surface area contributed by atoms with Gasteiger partial charge in [-0.2, -0.15) is 11.8 Å². The van der Waals surface area contributed by atoms with Crippen molar-refractivity contribution in [2.75, 3.05) is 19.3 Å². The lowest BCUT2D eigenvalue weighted by molar-refractivity contribution is 0.793. The standard InChI is InChI=1S/C8H16N2S2/c1-3-9-7(11)10-6-8(12-2)4-5-8/h3-6H2,1-2H3,(H2,9,10,11). The van der Waals surface area contributed by atoms with Gasteiger partial charge in [0.1, 0.15) is 0 Å². The fraction of sp³-hybridized carbons (Fsp3) is 0.875. The second-order valence-electron chi connectivity index (χ2n) is 3.10. The van der Waals surface area contributed by atoms with E-state index in [1.165, 1.54) is 12.8 Å². The van der Waals surface area contributed by atoms with Gasteiger partial charge < -0.3 is 10.6 Å². The molecule has 70 valence electrons. The van der Waals surface area contributed by atoms with Crippen LogP contribution in [0.5, 0.6) is 0 Å². The van der Waals surface area contributed by atoms with Crippen LogP contribution in [-0.2, 0) is 0 Å². The zero-order valence-electron chi connectivity index (χ0n) is 7.64. The first-order chi connectivity index (χ1) is 5.72. The van der Waals surface area contributed by atoms with E-state index in [2.05, 4.69) is 23.8 Å². The molecule has 2 N–H and O–H groups in total. The summed E-state index contributed by atoms with van der Waals surface area (Å²) >= 11 is 7.01. The summed E-state index contributed by atoms with van der Waals surface area (Å²) in [5.41, 5.74) is 0. The Morgan fingerprint density at radius 3 is 2.58 bits per heavy atom. The molecule has 0 saturated heterocycles. The maximum Gasteiger partial charge on any atom is 0.166 e. The number of nitrogens with one attached hydrogen (secondary N) is 2. The molecule has 0 aromatic carbocycles. The van der Waals surface area contributed by atoms with E-state index in [0.717, 1.165) is 18.2 Å². The number of thioether (sulfide) groups is 1. The molecule has 0 amide bonds. The van der Waals surface area contributed by atoms with Crippen LogP contribution in [0.1, 0.15) is 19.8 Å². The largest absolute Gasteiger partial charge is 0.363 e. The molecule has 1 fully saturated rings. The number of hydrogen-bond acceptors (Lipinski definition) is 2. The van der Waals surface area contributed by atoms with Crippen molar-refractivity contribution in [3.63, 3.8) is 0 Å². The first kappa shape index (κ1) is 10.1.